The summed E-state index contributed by atoms with van der Waals surface area (Å²) < 4.78 is 12.8. The zero-order valence-corrected chi connectivity index (χ0v) is 36.7. The molecule has 0 spiro atoms. The van der Waals surface area contributed by atoms with Crippen LogP contribution in [0.15, 0.2) is 251 Å². The Morgan fingerprint density at radius 1 is 0.294 bits per heavy atom. The zero-order chi connectivity index (χ0) is 45.4. The maximum atomic E-state index is 14.1. The molecular weight excluding hydrogens is 837 g/mol. The van der Waals surface area contributed by atoms with Crippen LogP contribution >= 0.6 is 0 Å². The van der Waals surface area contributed by atoms with Gasteiger partial charge in [-0.15, -0.1) is 0 Å². The van der Waals surface area contributed by atoms with Crippen LogP contribution in [-0.2, 0) is 11.2 Å². The van der Waals surface area contributed by atoms with Gasteiger partial charge in [-0.25, -0.2) is 0 Å². The Morgan fingerprint density at radius 2 is 0.647 bits per heavy atom. The highest BCUT2D eigenvalue weighted by molar-refractivity contribution is 6.14. The number of para-hydroxylation sites is 4. The first-order valence-electron chi connectivity index (χ1n) is 22.9. The molecule has 0 amide bonds. The maximum absolute atomic E-state index is 14.1. The van der Waals surface area contributed by atoms with Crippen molar-refractivity contribution >= 4 is 78.0 Å². The summed E-state index contributed by atoms with van der Waals surface area (Å²) in [5.74, 6) is 0. The van der Waals surface area contributed by atoms with Crippen molar-refractivity contribution in [2.24, 2.45) is 0 Å². The van der Waals surface area contributed by atoms with Gasteiger partial charge in [0.1, 0.15) is 33.5 Å². The van der Waals surface area contributed by atoms with E-state index >= 15 is 0 Å². The zero-order valence-electron chi connectivity index (χ0n) is 36.7. The number of rotatable bonds is 8. The number of aliphatic hydroxyl groups is 2. The third kappa shape index (κ3) is 5.92. The maximum Gasteiger partial charge on any atom is 0.141 e. The number of nitrogens with zero attached hydrogens (tertiary/aromatic N) is 2. The van der Waals surface area contributed by atoms with Crippen molar-refractivity contribution in [2.45, 2.75) is 11.2 Å². The van der Waals surface area contributed by atoms with Crippen molar-refractivity contribution in [2.75, 3.05) is 9.80 Å². The van der Waals surface area contributed by atoms with E-state index in [0.29, 0.717) is 33.4 Å². The van der Waals surface area contributed by atoms with Crippen molar-refractivity contribution in [3.05, 3.63) is 276 Å². The molecule has 0 saturated carbocycles. The third-order valence-corrected chi connectivity index (χ3v) is 13.7. The topological polar surface area (TPSA) is 73.2 Å². The standard InChI is InChI=1S/C62H42N2O4/c65-61(41-19-5-1-6-20-41)49-37-35-46(64(44-25-11-4-12-26-44)54-30-18-34-58-60(54)48-28-14-16-32-56(48)68-58)40-52(49)62(66,42-21-7-2-8-22-42)50-38-36-45(39-51(50)61)63(43-23-9-3-10-24-43)53-29-17-33-57-59(53)47-27-13-15-31-55(47)67-57/h1-40,65-66H. The molecule has 2 heterocycles. The highest BCUT2D eigenvalue weighted by Gasteiger charge is 2.51. The molecule has 2 unspecified atom stereocenters. The first kappa shape index (κ1) is 39.7. The largest absolute Gasteiger partial charge is 0.456 e. The molecule has 0 saturated heterocycles. The summed E-state index contributed by atoms with van der Waals surface area (Å²) in [5.41, 5.74) is 8.59. The molecule has 0 bridgehead atoms. The highest BCUT2D eigenvalue weighted by atomic mass is 16.3. The van der Waals surface area contributed by atoms with Gasteiger partial charge in [-0.2, -0.15) is 0 Å². The number of hydrogen-bond acceptors (Lipinski definition) is 6. The van der Waals surface area contributed by atoms with Gasteiger partial charge >= 0.3 is 0 Å². The van der Waals surface area contributed by atoms with Crippen LogP contribution in [0.5, 0.6) is 0 Å². The Balaban J connectivity index is 1.09. The van der Waals surface area contributed by atoms with E-state index in [4.69, 9.17) is 8.83 Å². The Labute approximate surface area is 392 Å². The van der Waals surface area contributed by atoms with Gasteiger partial charge in [0, 0.05) is 44.6 Å². The molecule has 0 radical (unpaired) electrons. The van der Waals surface area contributed by atoms with E-state index in [-0.39, 0.29) is 0 Å². The Morgan fingerprint density at radius 3 is 1.06 bits per heavy atom. The van der Waals surface area contributed by atoms with Crippen LogP contribution in [-0.4, -0.2) is 10.2 Å². The fourth-order valence-electron chi connectivity index (χ4n) is 10.7. The van der Waals surface area contributed by atoms with E-state index in [1.165, 1.54) is 0 Å². The minimum absolute atomic E-state index is 0.563. The summed E-state index contributed by atoms with van der Waals surface area (Å²) in [4.78, 5) is 4.43. The molecule has 10 aromatic carbocycles. The summed E-state index contributed by atoms with van der Waals surface area (Å²) in [6.07, 6.45) is 0. The molecular formula is C62H42N2O4. The fraction of sp³-hybridized carbons (Fsp3) is 0.0323. The smallest absolute Gasteiger partial charge is 0.141 e. The van der Waals surface area contributed by atoms with Crippen LogP contribution in [0.2, 0.25) is 0 Å². The second-order valence-electron chi connectivity index (χ2n) is 17.5. The number of benzene rings is 10. The van der Waals surface area contributed by atoms with Crippen LogP contribution in [0, 0.1) is 0 Å². The summed E-state index contributed by atoms with van der Waals surface area (Å²) in [5, 5.41) is 32.1. The van der Waals surface area contributed by atoms with Gasteiger partial charge in [0.2, 0.25) is 0 Å². The molecule has 0 fully saturated rings. The first-order chi connectivity index (χ1) is 33.5. The van der Waals surface area contributed by atoms with Crippen molar-refractivity contribution in [1.29, 1.82) is 0 Å². The number of anilines is 6. The summed E-state index contributed by atoms with van der Waals surface area (Å²) in [7, 11) is 0. The second-order valence-corrected chi connectivity index (χ2v) is 17.5. The van der Waals surface area contributed by atoms with Gasteiger partial charge in [0.25, 0.3) is 0 Å². The molecule has 2 N–H and O–H groups in total. The van der Waals surface area contributed by atoms with E-state index < -0.39 is 11.2 Å². The lowest BCUT2D eigenvalue weighted by atomic mass is 9.63. The van der Waals surface area contributed by atoms with Crippen LogP contribution in [0.3, 0.4) is 0 Å². The lowest BCUT2D eigenvalue weighted by molar-refractivity contribution is 0.0749. The molecule has 12 aromatic rings. The second kappa shape index (κ2) is 15.5. The molecule has 324 valence electrons. The van der Waals surface area contributed by atoms with Crippen LogP contribution in [0.4, 0.5) is 34.1 Å². The molecule has 6 heteroatoms. The van der Waals surface area contributed by atoms with Gasteiger partial charge in [-0.05, 0) is 107 Å². The molecule has 6 nitrogen and oxygen atoms in total. The van der Waals surface area contributed by atoms with Crippen LogP contribution in [0.25, 0.3) is 43.9 Å². The van der Waals surface area contributed by atoms with E-state index in [1.807, 2.05) is 170 Å². The number of furan rings is 2. The van der Waals surface area contributed by atoms with Gasteiger partial charge in [0.05, 0.1) is 22.1 Å². The lowest BCUT2D eigenvalue weighted by Gasteiger charge is -2.46. The normalized spacial score (nSPS) is 16.5. The van der Waals surface area contributed by atoms with E-state index in [0.717, 1.165) is 78.0 Å². The average molecular weight is 879 g/mol. The molecule has 2 atom stereocenters. The van der Waals surface area contributed by atoms with Crippen molar-refractivity contribution in [3.8, 4) is 0 Å². The van der Waals surface area contributed by atoms with Gasteiger partial charge in [-0.1, -0.05) is 158 Å². The Hall–Kier alpha value is -8.68. The Kier molecular flexibility index (Phi) is 9.02. The molecule has 0 aliphatic heterocycles. The first-order valence-corrected chi connectivity index (χ1v) is 22.9. The predicted octanol–water partition coefficient (Wildman–Crippen LogP) is 15.3. The quantitative estimate of drug-likeness (QED) is 0.158. The van der Waals surface area contributed by atoms with Crippen molar-refractivity contribution < 1.29 is 19.0 Å². The van der Waals surface area contributed by atoms with Gasteiger partial charge in [0.15, 0.2) is 0 Å². The Bertz CT molecular complexity index is 3600. The van der Waals surface area contributed by atoms with Gasteiger partial charge < -0.3 is 28.8 Å². The summed E-state index contributed by atoms with van der Waals surface area (Å²) >= 11 is 0. The SMILES string of the molecule is OC1(c2ccccc2)c2ccc(N(c3ccccc3)c3cccc4oc5ccccc5c34)cc2C(O)(c2ccccc2)c2ccc(N(c3ccccc3)c3cccc4oc5ccccc5c34)cc21. The summed E-state index contributed by atoms with van der Waals surface area (Å²) in [6, 6.07) is 80.9. The minimum Gasteiger partial charge on any atom is -0.456 e. The molecule has 68 heavy (non-hydrogen) atoms. The average Bonchev–Trinajstić information content (AvgIpc) is 3.99. The van der Waals surface area contributed by atoms with Crippen molar-refractivity contribution in [3.63, 3.8) is 0 Å². The highest BCUT2D eigenvalue weighted by Crippen LogP contribution is 2.56. The summed E-state index contributed by atoms with van der Waals surface area (Å²) in [6.45, 7) is 0. The van der Waals surface area contributed by atoms with Gasteiger partial charge in [-0.3, -0.25) is 0 Å². The molecule has 1 aliphatic rings. The molecule has 1 aliphatic carbocycles. The van der Waals surface area contributed by atoms with Crippen LogP contribution < -0.4 is 9.80 Å². The monoisotopic (exact) mass is 878 g/mol. The molecule has 2 aromatic heterocycles. The minimum atomic E-state index is -1.73. The van der Waals surface area contributed by atoms with E-state index in [1.54, 1.807) is 0 Å². The third-order valence-electron chi connectivity index (χ3n) is 13.7. The fourth-order valence-corrected chi connectivity index (χ4v) is 10.7. The van der Waals surface area contributed by atoms with Crippen LogP contribution in [0.1, 0.15) is 33.4 Å². The lowest BCUT2D eigenvalue weighted by Crippen LogP contribution is -2.44. The number of hydrogen-bond donors (Lipinski definition) is 2. The predicted molar refractivity (Wildman–Crippen MR) is 274 cm³/mol. The molecule has 13 rings (SSSR count). The van der Waals surface area contributed by atoms with Crippen molar-refractivity contribution in [1.82, 2.24) is 0 Å². The van der Waals surface area contributed by atoms with E-state index in [9.17, 15) is 10.2 Å². The van der Waals surface area contributed by atoms with E-state index in [2.05, 4.69) is 82.6 Å². The number of fused-ring (bicyclic) bond motifs is 8.